The lowest BCUT2D eigenvalue weighted by Gasteiger charge is -2.29. The van der Waals surface area contributed by atoms with Crippen molar-refractivity contribution in [2.75, 3.05) is 32.1 Å². The first kappa shape index (κ1) is 17.3. The lowest BCUT2D eigenvalue weighted by molar-refractivity contribution is 0.0975. The van der Waals surface area contributed by atoms with Crippen molar-refractivity contribution in [3.05, 3.63) is 29.8 Å². The average Bonchev–Trinajstić information content (AvgIpc) is 2.96. The molecule has 2 aromatic heterocycles. The first-order valence-corrected chi connectivity index (χ1v) is 8.54. The average molecular weight is 344 g/mol. The van der Waals surface area contributed by atoms with Crippen LogP contribution in [0.3, 0.4) is 0 Å². The van der Waals surface area contributed by atoms with Gasteiger partial charge >= 0.3 is 0 Å². The molecular formula is C18H24N4O3. The number of carbonyl (C=O) groups excluding carboxylic acids is 1. The summed E-state index contributed by atoms with van der Waals surface area (Å²) in [6.45, 7) is 4.57. The first-order valence-electron chi connectivity index (χ1n) is 8.54. The van der Waals surface area contributed by atoms with Crippen molar-refractivity contribution in [2.45, 2.75) is 25.8 Å². The number of nitrogens with one attached hydrogen (secondary N) is 1. The highest BCUT2D eigenvalue weighted by Gasteiger charge is 2.20. The number of rotatable bonds is 6. The number of hydrogen-bond donors (Lipinski definition) is 2. The van der Waals surface area contributed by atoms with E-state index >= 15 is 0 Å². The zero-order valence-electron chi connectivity index (χ0n) is 14.6. The van der Waals surface area contributed by atoms with Gasteiger partial charge in [-0.3, -0.25) is 4.79 Å². The molecular weight excluding hydrogens is 320 g/mol. The summed E-state index contributed by atoms with van der Waals surface area (Å²) in [6, 6.07) is 2.29. The Morgan fingerprint density at radius 1 is 1.52 bits per heavy atom. The number of pyridine rings is 1. The number of carbonyl (C=O) groups is 1. The maximum Gasteiger partial charge on any atom is 0.285 e. The number of likely N-dealkylation sites (tertiary alicyclic amines) is 1. The minimum atomic E-state index is -0.614. The summed E-state index contributed by atoms with van der Waals surface area (Å²) in [7, 11) is 2.13. The molecule has 1 amide bonds. The van der Waals surface area contributed by atoms with Gasteiger partial charge in [0.15, 0.2) is 11.3 Å². The number of primary amides is 1. The van der Waals surface area contributed by atoms with Crippen molar-refractivity contribution in [3.63, 3.8) is 0 Å². The van der Waals surface area contributed by atoms with E-state index < -0.39 is 5.91 Å². The Morgan fingerprint density at radius 3 is 2.96 bits per heavy atom. The molecule has 0 radical (unpaired) electrons. The lowest BCUT2D eigenvalue weighted by Crippen LogP contribution is -2.36. The third kappa shape index (κ3) is 3.93. The summed E-state index contributed by atoms with van der Waals surface area (Å²) < 4.78 is 10.8. The SMILES string of the molecule is CCO/C=C/c1c(C(N)=O)oc2cnc(NC3CCN(C)CC3)cc12. The maximum atomic E-state index is 11.7. The summed E-state index contributed by atoms with van der Waals surface area (Å²) >= 11 is 0. The van der Waals surface area contributed by atoms with E-state index in [1.165, 1.54) is 0 Å². The molecule has 134 valence electrons. The van der Waals surface area contributed by atoms with Crippen LogP contribution in [0.4, 0.5) is 5.82 Å². The van der Waals surface area contributed by atoms with Gasteiger partial charge in [-0.1, -0.05) is 0 Å². The Morgan fingerprint density at radius 2 is 2.28 bits per heavy atom. The summed E-state index contributed by atoms with van der Waals surface area (Å²) in [5.74, 6) is 0.270. The Hall–Kier alpha value is -2.54. The molecule has 3 heterocycles. The number of piperidine rings is 1. The van der Waals surface area contributed by atoms with Gasteiger partial charge in [-0.15, -0.1) is 0 Å². The van der Waals surface area contributed by atoms with E-state index in [0.717, 1.165) is 37.1 Å². The maximum absolute atomic E-state index is 11.7. The summed E-state index contributed by atoms with van der Waals surface area (Å²) in [5.41, 5.74) is 6.58. The van der Waals surface area contributed by atoms with Crippen molar-refractivity contribution in [1.82, 2.24) is 9.88 Å². The van der Waals surface area contributed by atoms with Crippen LogP contribution in [0, 0.1) is 0 Å². The highest BCUT2D eigenvalue weighted by molar-refractivity contribution is 6.02. The third-order valence-electron chi connectivity index (χ3n) is 4.41. The topological polar surface area (TPSA) is 93.6 Å². The number of hydrogen-bond acceptors (Lipinski definition) is 6. The van der Waals surface area contributed by atoms with Crippen molar-refractivity contribution in [3.8, 4) is 0 Å². The molecule has 0 aromatic carbocycles. The van der Waals surface area contributed by atoms with Crippen LogP contribution in [0.2, 0.25) is 0 Å². The quantitative estimate of drug-likeness (QED) is 0.782. The number of furan rings is 1. The van der Waals surface area contributed by atoms with Crippen LogP contribution in [0.1, 0.15) is 35.9 Å². The monoisotopic (exact) mass is 344 g/mol. The van der Waals surface area contributed by atoms with Crippen LogP contribution in [0.5, 0.6) is 0 Å². The number of amides is 1. The summed E-state index contributed by atoms with van der Waals surface area (Å²) in [4.78, 5) is 18.4. The zero-order valence-corrected chi connectivity index (χ0v) is 14.6. The van der Waals surface area contributed by atoms with E-state index in [0.29, 0.717) is 23.8 Å². The van der Waals surface area contributed by atoms with Crippen LogP contribution >= 0.6 is 0 Å². The predicted octanol–water partition coefficient (Wildman–Crippen LogP) is 2.44. The predicted molar refractivity (Wildman–Crippen MR) is 97.3 cm³/mol. The number of nitrogens with two attached hydrogens (primary N) is 1. The van der Waals surface area contributed by atoms with Gasteiger partial charge in [0, 0.05) is 17.0 Å². The Bertz CT molecular complexity index is 776. The van der Waals surface area contributed by atoms with Gasteiger partial charge in [0.1, 0.15) is 5.82 Å². The van der Waals surface area contributed by atoms with E-state index in [2.05, 4.69) is 22.2 Å². The van der Waals surface area contributed by atoms with E-state index in [-0.39, 0.29) is 5.76 Å². The molecule has 0 unspecified atom stereocenters. The zero-order chi connectivity index (χ0) is 17.8. The molecule has 0 atom stereocenters. The molecule has 1 aliphatic rings. The molecule has 1 aliphatic heterocycles. The second-order valence-electron chi connectivity index (χ2n) is 6.25. The standard InChI is InChI=1S/C18H24N4O3/c1-3-24-9-6-13-14-10-16(21-12-4-7-22(2)8-5-12)20-11-15(14)25-17(13)18(19)23/h6,9-12H,3-5,7-8H2,1-2H3,(H2,19,23)(H,20,21)/b9-6+. The summed E-state index contributed by atoms with van der Waals surface area (Å²) in [6.07, 6.45) is 7.02. The van der Waals surface area contributed by atoms with Gasteiger partial charge in [-0.25, -0.2) is 4.98 Å². The number of fused-ring (bicyclic) bond motifs is 1. The highest BCUT2D eigenvalue weighted by atomic mass is 16.5. The van der Waals surface area contributed by atoms with Gasteiger partial charge < -0.3 is 25.1 Å². The van der Waals surface area contributed by atoms with Gasteiger partial charge in [-0.2, -0.15) is 0 Å². The minimum absolute atomic E-state index is 0.115. The molecule has 0 aliphatic carbocycles. The number of anilines is 1. The molecule has 0 spiro atoms. The van der Waals surface area contributed by atoms with Crippen LogP contribution in [0.15, 0.2) is 22.9 Å². The van der Waals surface area contributed by atoms with E-state index in [1.807, 2.05) is 13.0 Å². The first-order chi connectivity index (χ1) is 12.1. The van der Waals surface area contributed by atoms with Crippen LogP contribution < -0.4 is 11.1 Å². The van der Waals surface area contributed by atoms with E-state index in [1.54, 1.807) is 18.5 Å². The van der Waals surface area contributed by atoms with Gasteiger partial charge in [0.25, 0.3) is 5.91 Å². The fourth-order valence-corrected chi connectivity index (χ4v) is 3.02. The number of ether oxygens (including phenoxy) is 1. The second kappa shape index (κ2) is 7.57. The fourth-order valence-electron chi connectivity index (χ4n) is 3.02. The molecule has 0 saturated carbocycles. The fraction of sp³-hybridized carbons (Fsp3) is 0.444. The molecule has 2 aromatic rings. The second-order valence-corrected chi connectivity index (χ2v) is 6.25. The molecule has 7 heteroatoms. The smallest absolute Gasteiger partial charge is 0.285 e. The summed E-state index contributed by atoms with van der Waals surface area (Å²) in [5, 5.41) is 4.26. The van der Waals surface area contributed by atoms with Gasteiger partial charge in [-0.05, 0) is 52.0 Å². The molecule has 25 heavy (non-hydrogen) atoms. The van der Waals surface area contributed by atoms with Crippen LogP contribution in [-0.4, -0.2) is 48.6 Å². The molecule has 7 nitrogen and oxygen atoms in total. The van der Waals surface area contributed by atoms with Crippen molar-refractivity contribution in [1.29, 1.82) is 0 Å². The van der Waals surface area contributed by atoms with Crippen molar-refractivity contribution in [2.24, 2.45) is 5.73 Å². The van der Waals surface area contributed by atoms with E-state index in [4.69, 9.17) is 14.9 Å². The molecule has 3 rings (SSSR count). The Labute approximate surface area is 146 Å². The van der Waals surface area contributed by atoms with Crippen molar-refractivity contribution < 1.29 is 13.9 Å². The van der Waals surface area contributed by atoms with Crippen molar-refractivity contribution >= 4 is 28.8 Å². The molecule has 0 bridgehead atoms. The Balaban J connectivity index is 1.89. The molecule has 1 saturated heterocycles. The van der Waals surface area contributed by atoms with Crippen LogP contribution in [0.25, 0.3) is 17.0 Å². The van der Waals surface area contributed by atoms with E-state index in [9.17, 15) is 4.79 Å². The Kier molecular flexibility index (Phi) is 5.23. The largest absolute Gasteiger partial charge is 0.501 e. The normalized spacial score (nSPS) is 16.6. The minimum Gasteiger partial charge on any atom is -0.501 e. The number of aromatic nitrogens is 1. The molecule has 3 N–H and O–H groups in total. The lowest BCUT2D eigenvalue weighted by atomic mass is 10.1. The van der Waals surface area contributed by atoms with Crippen LogP contribution in [-0.2, 0) is 4.74 Å². The third-order valence-corrected chi connectivity index (χ3v) is 4.41. The highest BCUT2D eigenvalue weighted by Crippen LogP contribution is 2.29. The number of nitrogens with zero attached hydrogens (tertiary/aromatic N) is 2. The van der Waals surface area contributed by atoms with Gasteiger partial charge in [0.2, 0.25) is 0 Å². The molecule has 1 fully saturated rings. The van der Waals surface area contributed by atoms with Gasteiger partial charge in [0.05, 0.1) is 19.1 Å².